The normalized spacial score (nSPS) is 23.6. The molecular formula is C23H19BrF3N5O5S. The average molecular weight is 614 g/mol. The molecule has 5 atom stereocenters. The van der Waals surface area contributed by atoms with Gasteiger partial charge in [-0.05, 0) is 34.1 Å². The molecule has 0 amide bonds. The molecule has 200 valence electrons. The summed E-state index contributed by atoms with van der Waals surface area (Å²) in [4.78, 5) is 8.90. The van der Waals surface area contributed by atoms with Gasteiger partial charge in [0, 0.05) is 27.3 Å². The van der Waals surface area contributed by atoms with E-state index in [4.69, 9.17) is 13.9 Å². The van der Waals surface area contributed by atoms with Crippen LogP contribution in [-0.4, -0.2) is 65.5 Å². The molecule has 1 aliphatic heterocycles. The molecule has 0 aliphatic carbocycles. The van der Waals surface area contributed by atoms with Crippen LogP contribution in [0.5, 0.6) is 0 Å². The maximum Gasteiger partial charge on any atom is 0.194 e. The molecule has 0 bridgehead atoms. The minimum absolute atomic E-state index is 0.0126. The monoisotopic (exact) mass is 613 g/mol. The number of aliphatic hydroxyl groups excluding tert-OH is 2. The molecule has 4 heterocycles. The smallest absolute Gasteiger partial charge is 0.194 e. The van der Waals surface area contributed by atoms with Crippen LogP contribution in [-0.2, 0) is 16.1 Å². The molecule has 1 saturated heterocycles. The van der Waals surface area contributed by atoms with Crippen LogP contribution in [0.15, 0.2) is 63.2 Å². The third-order valence-electron chi connectivity index (χ3n) is 5.76. The summed E-state index contributed by atoms with van der Waals surface area (Å²) in [5.74, 6) is -4.36. The summed E-state index contributed by atoms with van der Waals surface area (Å²) in [7, 11) is 0. The standard InChI is InChI=1S/C23H19BrF3N5O5S/c24-12-3-14(5-28-4-12)38-23-22(36-9-13-8-35-10-29-13)20(21(34)18(7-33)37-23)32-6-17(30-31-32)11-1-15(25)19(27)16(26)2-11/h1-6,8,10,18,20-23,33-34H,7,9H2/t18?,20-,21-,22?,23+/m0/s1. The van der Waals surface area contributed by atoms with E-state index in [2.05, 4.69) is 36.2 Å². The fourth-order valence-corrected chi connectivity index (χ4v) is 5.65. The molecular weight excluding hydrogens is 595 g/mol. The highest BCUT2D eigenvalue weighted by molar-refractivity contribution is 9.10. The highest BCUT2D eigenvalue weighted by Gasteiger charge is 2.48. The summed E-state index contributed by atoms with van der Waals surface area (Å²) < 4.78 is 60.3. The molecule has 1 aromatic carbocycles. The molecule has 0 saturated carbocycles. The van der Waals surface area contributed by atoms with Crippen molar-refractivity contribution < 1.29 is 37.3 Å². The fraction of sp³-hybridized carbons (Fsp3) is 0.304. The van der Waals surface area contributed by atoms with Gasteiger partial charge in [0.25, 0.3) is 0 Å². The first-order valence-electron chi connectivity index (χ1n) is 11.1. The number of nitrogens with zero attached hydrogens (tertiary/aromatic N) is 5. The van der Waals surface area contributed by atoms with E-state index in [1.54, 1.807) is 12.4 Å². The van der Waals surface area contributed by atoms with E-state index in [9.17, 15) is 23.4 Å². The van der Waals surface area contributed by atoms with Crippen LogP contribution in [0.4, 0.5) is 13.2 Å². The summed E-state index contributed by atoms with van der Waals surface area (Å²) in [6, 6.07) is 2.43. The number of hydrogen-bond donors (Lipinski definition) is 2. The van der Waals surface area contributed by atoms with Crippen molar-refractivity contribution in [3.8, 4) is 11.3 Å². The van der Waals surface area contributed by atoms with Crippen LogP contribution >= 0.6 is 27.7 Å². The Balaban J connectivity index is 1.51. The van der Waals surface area contributed by atoms with Crippen molar-refractivity contribution in [2.75, 3.05) is 6.61 Å². The van der Waals surface area contributed by atoms with E-state index in [1.165, 1.54) is 35.3 Å². The van der Waals surface area contributed by atoms with E-state index in [1.807, 2.05) is 6.07 Å². The molecule has 2 N–H and O–H groups in total. The maximum atomic E-state index is 13.8. The number of pyridine rings is 1. The van der Waals surface area contributed by atoms with Crippen molar-refractivity contribution in [3.63, 3.8) is 0 Å². The Morgan fingerprint density at radius 1 is 1.16 bits per heavy atom. The zero-order valence-electron chi connectivity index (χ0n) is 19.2. The SMILES string of the molecule is OCC1O[C@H](Sc2cncc(Br)c2)C(OCc2cocn2)[C@@H](n2cc(-c3cc(F)c(F)c(F)c3)nn2)[C@H]1O. The zero-order valence-corrected chi connectivity index (χ0v) is 21.6. The first-order valence-corrected chi connectivity index (χ1v) is 12.8. The molecule has 10 nitrogen and oxygen atoms in total. The number of aromatic nitrogens is 5. The summed E-state index contributed by atoms with van der Waals surface area (Å²) in [5.41, 5.74) is -0.333. The molecule has 5 rings (SSSR count). The topological polar surface area (TPSA) is 129 Å². The highest BCUT2D eigenvalue weighted by atomic mass is 79.9. The van der Waals surface area contributed by atoms with Crippen molar-refractivity contribution in [2.24, 2.45) is 0 Å². The first-order chi connectivity index (χ1) is 18.3. The number of thioether (sulfide) groups is 1. The average Bonchev–Trinajstić information content (AvgIpc) is 3.59. The number of halogens is 4. The van der Waals surface area contributed by atoms with Crippen LogP contribution in [0.3, 0.4) is 0 Å². The van der Waals surface area contributed by atoms with Gasteiger partial charge < -0.3 is 24.1 Å². The van der Waals surface area contributed by atoms with Crippen LogP contribution in [0, 0.1) is 17.5 Å². The lowest BCUT2D eigenvalue weighted by Crippen LogP contribution is -2.55. The Morgan fingerprint density at radius 2 is 1.95 bits per heavy atom. The van der Waals surface area contributed by atoms with Crippen molar-refractivity contribution >= 4 is 27.7 Å². The zero-order chi connectivity index (χ0) is 26.8. The van der Waals surface area contributed by atoms with E-state index >= 15 is 0 Å². The number of aliphatic hydroxyl groups is 2. The lowest BCUT2D eigenvalue weighted by atomic mass is 9.97. The van der Waals surface area contributed by atoms with Gasteiger partial charge >= 0.3 is 0 Å². The first kappa shape index (κ1) is 26.8. The largest absolute Gasteiger partial charge is 0.451 e. The second kappa shape index (κ2) is 11.5. The van der Waals surface area contributed by atoms with Gasteiger partial charge in [0.2, 0.25) is 0 Å². The Labute approximate surface area is 225 Å². The Bertz CT molecular complexity index is 1370. The van der Waals surface area contributed by atoms with Gasteiger partial charge in [-0.25, -0.2) is 22.8 Å². The number of oxazole rings is 1. The molecule has 15 heteroatoms. The molecule has 4 aromatic rings. The van der Waals surface area contributed by atoms with Crippen LogP contribution in [0.1, 0.15) is 11.7 Å². The number of rotatable bonds is 8. The van der Waals surface area contributed by atoms with E-state index in [0.29, 0.717) is 10.6 Å². The third-order valence-corrected chi connectivity index (χ3v) is 7.30. The Hall–Kier alpha value is -2.82. The summed E-state index contributed by atoms with van der Waals surface area (Å²) in [6.45, 7) is -0.529. The highest BCUT2D eigenvalue weighted by Crippen LogP contribution is 2.40. The maximum absolute atomic E-state index is 13.8. The van der Waals surface area contributed by atoms with Gasteiger partial charge in [-0.15, -0.1) is 5.10 Å². The summed E-state index contributed by atoms with van der Waals surface area (Å²) in [6.07, 6.45) is 3.97. The van der Waals surface area contributed by atoms with Crippen LogP contribution in [0.2, 0.25) is 0 Å². The second-order valence-corrected chi connectivity index (χ2v) is 10.3. The number of benzene rings is 1. The van der Waals surface area contributed by atoms with Crippen LogP contribution < -0.4 is 0 Å². The van der Waals surface area contributed by atoms with Gasteiger partial charge in [0.1, 0.15) is 47.4 Å². The summed E-state index contributed by atoms with van der Waals surface area (Å²) >= 11 is 4.62. The van der Waals surface area contributed by atoms with Crippen LogP contribution in [0.25, 0.3) is 11.3 Å². The predicted octanol–water partition coefficient (Wildman–Crippen LogP) is 3.50. The lowest BCUT2D eigenvalue weighted by molar-refractivity contribution is -0.196. The Kier molecular flexibility index (Phi) is 8.11. The quantitative estimate of drug-likeness (QED) is 0.285. The Morgan fingerprint density at radius 3 is 2.63 bits per heavy atom. The molecule has 3 aromatic heterocycles. The van der Waals surface area contributed by atoms with Crippen molar-refractivity contribution in [1.82, 2.24) is 25.0 Å². The van der Waals surface area contributed by atoms with Crippen molar-refractivity contribution in [3.05, 3.63) is 77.1 Å². The third kappa shape index (κ3) is 5.62. The number of ether oxygens (including phenoxy) is 2. The lowest BCUT2D eigenvalue weighted by Gasteiger charge is -2.43. The van der Waals surface area contributed by atoms with Gasteiger partial charge in [-0.1, -0.05) is 17.0 Å². The van der Waals surface area contributed by atoms with Crippen molar-refractivity contribution in [1.29, 1.82) is 0 Å². The molecule has 1 fully saturated rings. The van der Waals surface area contributed by atoms with Gasteiger partial charge in [-0.3, -0.25) is 4.98 Å². The predicted molar refractivity (Wildman–Crippen MR) is 129 cm³/mol. The minimum atomic E-state index is -1.60. The molecule has 2 unspecified atom stereocenters. The minimum Gasteiger partial charge on any atom is -0.451 e. The van der Waals surface area contributed by atoms with Gasteiger partial charge in [0.05, 0.1) is 19.4 Å². The molecule has 38 heavy (non-hydrogen) atoms. The van der Waals surface area contributed by atoms with E-state index < -0.39 is 53.8 Å². The fourth-order valence-electron chi connectivity index (χ4n) is 3.97. The van der Waals surface area contributed by atoms with Crippen molar-refractivity contribution in [2.45, 2.75) is 41.3 Å². The van der Waals surface area contributed by atoms with E-state index in [-0.39, 0.29) is 17.9 Å². The molecule has 1 aliphatic rings. The molecule has 0 radical (unpaired) electrons. The second-order valence-electron chi connectivity index (χ2n) is 8.26. The van der Waals surface area contributed by atoms with E-state index in [0.717, 1.165) is 16.6 Å². The number of hydrogen-bond acceptors (Lipinski definition) is 10. The van der Waals surface area contributed by atoms with Gasteiger partial charge in [0.15, 0.2) is 23.8 Å². The van der Waals surface area contributed by atoms with Gasteiger partial charge in [-0.2, -0.15) is 0 Å². The molecule has 0 spiro atoms. The summed E-state index contributed by atoms with van der Waals surface area (Å²) in [5, 5.41) is 29.1.